The molecular weight excluding hydrogens is 280 g/mol. The van der Waals surface area contributed by atoms with Crippen molar-refractivity contribution in [1.29, 1.82) is 0 Å². The highest BCUT2D eigenvalue weighted by Gasteiger charge is 2.58. The number of amides is 1. The van der Waals surface area contributed by atoms with Crippen LogP contribution in [0.5, 0.6) is 0 Å². The highest BCUT2D eigenvalue weighted by atomic mass is 16.5. The van der Waals surface area contributed by atoms with E-state index in [0.717, 1.165) is 39.0 Å². The standard InChI is InChI=1S/C17H30N2O3/c1-3-22-14-12-13(16(14)6-4-5-7-16)19-15(20)17(21-2)8-10-18-11-9-17/h13-14,18H,3-12H2,1-2H3,(H,19,20). The highest BCUT2D eigenvalue weighted by Crippen LogP contribution is 2.54. The SMILES string of the molecule is CCOC1CC(NC(=O)C2(OC)CCNCC2)C12CCCC2. The molecule has 0 radical (unpaired) electrons. The van der Waals surface area contributed by atoms with Crippen LogP contribution >= 0.6 is 0 Å². The molecule has 5 nitrogen and oxygen atoms in total. The number of carbonyl (C=O) groups is 1. The summed E-state index contributed by atoms with van der Waals surface area (Å²) < 4.78 is 11.6. The maximum atomic E-state index is 12.9. The molecule has 22 heavy (non-hydrogen) atoms. The van der Waals surface area contributed by atoms with Crippen LogP contribution in [0.1, 0.15) is 51.9 Å². The van der Waals surface area contributed by atoms with Gasteiger partial charge in [-0.25, -0.2) is 0 Å². The molecule has 0 aromatic carbocycles. The predicted molar refractivity (Wildman–Crippen MR) is 84.7 cm³/mol. The number of hydrogen-bond donors (Lipinski definition) is 2. The van der Waals surface area contributed by atoms with Crippen LogP contribution in [0.25, 0.3) is 0 Å². The number of methoxy groups -OCH3 is 1. The first-order valence-corrected chi connectivity index (χ1v) is 8.85. The number of nitrogens with one attached hydrogen (secondary N) is 2. The van der Waals surface area contributed by atoms with Crippen LogP contribution in [-0.4, -0.2) is 50.5 Å². The van der Waals surface area contributed by atoms with Crippen molar-refractivity contribution in [3.05, 3.63) is 0 Å². The Balaban J connectivity index is 1.66. The molecule has 1 heterocycles. The first-order valence-electron chi connectivity index (χ1n) is 8.85. The zero-order chi connectivity index (χ0) is 15.6. The van der Waals surface area contributed by atoms with Gasteiger partial charge in [-0.2, -0.15) is 0 Å². The van der Waals surface area contributed by atoms with Gasteiger partial charge in [0.15, 0.2) is 0 Å². The molecule has 0 aromatic rings. The maximum absolute atomic E-state index is 12.9. The van der Waals surface area contributed by atoms with Gasteiger partial charge in [-0.05, 0) is 52.1 Å². The minimum atomic E-state index is -0.637. The van der Waals surface area contributed by atoms with Crippen LogP contribution in [0.2, 0.25) is 0 Å². The summed E-state index contributed by atoms with van der Waals surface area (Å²) in [4.78, 5) is 12.9. The molecule has 2 aliphatic carbocycles. The molecule has 5 heteroatoms. The second-order valence-corrected chi connectivity index (χ2v) is 7.09. The summed E-state index contributed by atoms with van der Waals surface area (Å²) in [6.07, 6.45) is 7.68. The molecule has 1 amide bonds. The van der Waals surface area contributed by atoms with E-state index in [1.54, 1.807) is 7.11 Å². The lowest BCUT2D eigenvalue weighted by molar-refractivity contribution is -0.161. The summed E-state index contributed by atoms with van der Waals surface area (Å²) in [5.74, 6) is 0.0859. The van der Waals surface area contributed by atoms with Crippen LogP contribution in [-0.2, 0) is 14.3 Å². The molecule has 2 atom stereocenters. The van der Waals surface area contributed by atoms with Gasteiger partial charge in [0.25, 0.3) is 5.91 Å². The average molecular weight is 310 g/mol. The molecule has 3 aliphatic rings. The Labute approximate surface area is 133 Å². The maximum Gasteiger partial charge on any atom is 0.252 e. The number of ether oxygens (including phenoxy) is 2. The molecule has 2 saturated carbocycles. The van der Waals surface area contributed by atoms with Crippen molar-refractivity contribution < 1.29 is 14.3 Å². The third-order valence-corrected chi connectivity index (χ3v) is 6.21. The fourth-order valence-corrected chi connectivity index (χ4v) is 4.73. The number of rotatable bonds is 5. The third-order valence-electron chi connectivity index (χ3n) is 6.21. The third kappa shape index (κ3) is 2.57. The Kier molecular flexibility index (Phi) is 4.76. The fraction of sp³-hybridized carbons (Fsp3) is 0.941. The van der Waals surface area contributed by atoms with E-state index in [1.807, 2.05) is 0 Å². The van der Waals surface area contributed by atoms with E-state index in [1.165, 1.54) is 25.7 Å². The quantitative estimate of drug-likeness (QED) is 0.810. The summed E-state index contributed by atoms with van der Waals surface area (Å²) in [6, 6.07) is 0.265. The van der Waals surface area contributed by atoms with Gasteiger partial charge in [0.1, 0.15) is 5.60 Å². The van der Waals surface area contributed by atoms with Crippen molar-refractivity contribution in [1.82, 2.24) is 10.6 Å². The normalized spacial score (nSPS) is 32.6. The molecule has 3 rings (SSSR count). The van der Waals surface area contributed by atoms with Crippen LogP contribution in [0, 0.1) is 5.41 Å². The molecule has 1 spiro atoms. The largest absolute Gasteiger partial charge is 0.378 e. The first-order chi connectivity index (χ1) is 10.7. The van der Waals surface area contributed by atoms with E-state index < -0.39 is 5.60 Å². The Morgan fingerprint density at radius 3 is 2.50 bits per heavy atom. The van der Waals surface area contributed by atoms with E-state index >= 15 is 0 Å². The van der Waals surface area contributed by atoms with Crippen molar-refractivity contribution in [2.75, 3.05) is 26.8 Å². The minimum absolute atomic E-state index is 0.0859. The van der Waals surface area contributed by atoms with E-state index in [4.69, 9.17) is 9.47 Å². The topological polar surface area (TPSA) is 59.6 Å². The smallest absolute Gasteiger partial charge is 0.252 e. The van der Waals surface area contributed by atoms with Gasteiger partial charge >= 0.3 is 0 Å². The molecule has 0 aromatic heterocycles. The summed E-state index contributed by atoms with van der Waals surface area (Å²) in [5, 5.41) is 6.63. The molecule has 2 N–H and O–H groups in total. The lowest BCUT2D eigenvalue weighted by Crippen LogP contribution is -2.67. The summed E-state index contributed by atoms with van der Waals surface area (Å²) in [5.41, 5.74) is -0.449. The van der Waals surface area contributed by atoms with Crippen LogP contribution < -0.4 is 10.6 Å². The Morgan fingerprint density at radius 1 is 1.23 bits per heavy atom. The van der Waals surface area contributed by atoms with Crippen molar-refractivity contribution in [2.24, 2.45) is 5.41 Å². The molecule has 2 unspecified atom stereocenters. The molecule has 1 saturated heterocycles. The van der Waals surface area contributed by atoms with Gasteiger partial charge in [0.2, 0.25) is 0 Å². The van der Waals surface area contributed by atoms with Crippen molar-refractivity contribution in [3.8, 4) is 0 Å². The predicted octanol–water partition coefficient (Wildman–Crippen LogP) is 1.61. The van der Waals surface area contributed by atoms with E-state index in [2.05, 4.69) is 17.6 Å². The van der Waals surface area contributed by atoms with E-state index in [9.17, 15) is 4.79 Å². The van der Waals surface area contributed by atoms with E-state index in [0.29, 0.717) is 6.10 Å². The minimum Gasteiger partial charge on any atom is -0.378 e. The fourth-order valence-electron chi connectivity index (χ4n) is 4.73. The monoisotopic (exact) mass is 310 g/mol. The van der Waals surface area contributed by atoms with E-state index in [-0.39, 0.29) is 17.4 Å². The van der Waals surface area contributed by atoms with Crippen LogP contribution in [0.3, 0.4) is 0 Å². The van der Waals surface area contributed by atoms with Gasteiger partial charge in [0, 0.05) is 25.2 Å². The zero-order valence-electron chi connectivity index (χ0n) is 14.0. The second kappa shape index (κ2) is 6.46. The van der Waals surface area contributed by atoms with Gasteiger partial charge in [-0.15, -0.1) is 0 Å². The molecule has 126 valence electrons. The lowest BCUT2D eigenvalue weighted by atomic mass is 9.60. The Bertz CT molecular complexity index is 401. The molecular formula is C17H30N2O3. The van der Waals surface area contributed by atoms with Gasteiger partial charge < -0.3 is 20.1 Å². The van der Waals surface area contributed by atoms with Gasteiger partial charge in [0.05, 0.1) is 6.10 Å². The molecule has 3 fully saturated rings. The van der Waals surface area contributed by atoms with Gasteiger partial charge in [-0.3, -0.25) is 4.79 Å². The summed E-state index contributed by atoms with van der Waals surface area (Å²) in [7, 11) is 1.67. The number of piperidine rings is 1. The van der Waals surface area contributed by atoms with Crippen LogP contribution in [0.15, 0.2) is 0 Å². The highest BCUT2D eigenvalue weighted by molar-refractivity contribution is 5.86. The lowest BCUT2D eigenvalue weighted by Gasteiger charge is -2.54. The number of hydrogen-bond acceptors (Lipinski definition) is 4. The summed E-state index contributed by atoms with van der Waals surface area (Å²) >= 11 is 0. The molecule has 0 bridgehead atoms. The Hall–Kier alpha value is -0.650. The Morgan fingerprint density at radius 2 is 1.91 bits per heavy atom. The zero-order valence-corrected chi connectivity index (χ0v) is 14.0. The number of carbonyl (C=O) groups excluding carboxylic acids is 1. The second-order valence-electron chi connectivity index (χ2n) is 7.09. The molecule has 1 aliphatic heterocycles. The van der Waals surface area contributed by atoms with Crippen molar-refractivity contribution in [2.45, 2.75) is 69.6 Å². The first kappa shape index (κ1) is 16.2. The van der Waals surface area contributed by atoms with Crippen molar-refractivity contribution >= 4 is 5.91 Å². The van der Waals surface area contributed by atoms with Gasteiger partial charge in [-0.1, -0.05) is 12.8 Å². The average Bonchev–Trinajstić information content (AvgIpc) is 3.07. The van der Waals surface area contributed by atoms with Crippen molar-refractivity contribution in [3.63, 3.8) is 0 Å². The summed E-state index contributed by atoms with van der Waals surface area (Å²) in [6.45, 7) is 4.52. The van der Waals surface area contributed by atoms with Crippen LogP contribution in [0.4, 0.5) is 0 Å².